The normalized spacial score (nSPS) is 23.4. The minimum Gasteiger partial charge on any atom is -0.334 e. The van der Waals surface area contributed by atoms with E-state index in [1.165, 1.54) is 38.8 Å². The van der Waals surface area contributed by atoms with Gasteiger partial charge in [-0.15, -0.1) is 0 Å². The van der Waals surface area contributed by atoms with Gasteiger partial charge in [0.1, 0.15) is 5.82 Å². The Bertz CT molecular complexity index is 839. The van der Waals surface area contributed by atoms with Gasteiger partial charge in [-0.2, -0.15) is 0 Å². The molecule has 2 fully saturated rings. The first-order valence-corrected chi connectivity index (χ1v) is 12.3. The maximum atomic E-state index is 9.78. The van der Waals surface area contributed by atoms with Gasteiger partial charge in [-0.3, -0.25) is 0 Å². The number of anilines is 2. The first-order valence-electron chi connectivity index (χ1n) is 12.3. The molecule has 1 aromatic carbocycles. The van der Waals surface area contributed by atoms with Crippen LogP contribution in [0.3, 0.4) is 0 Å². The molecule has 6 nitrogen and oxygen atoms in total. The molecule has 0 aliphatic carbocycles. The highest BCUT2D eigenvalue weighted by molar-refractivity contribution is 5.83. The quantitative estimate of drug-likeness (QED) is 0.441. The molecule has 2 atom stereocenters. The van der Waals surface area contributed by atoms with Crippen molar-refractivity contribution in [2.45, 2.75) is 64.5 Å². The number of rotatable bonds is 8. The van der Waals surface area contributed by atoms with Gasteiger partial charge in [0, 0.05) is 38.3 Å². The van der Waals surface area contributed by atoms with Gasteiger partial charge < -0.3 is 19.6 Å². The molecule has 1 aromatic rings. The van der Waals surface area contributed by atoms with E-state index in [9.17, 15) is 5.26 Å². The lowest BCUT2D eigenvalue weighted by Gasteiger charge is -2.28. The molecule has 6 heteroatoms. The molecule has 4 rings (SSSR count). The smallest absolute Gasteiger partial charge is 0.301 e. The van der Waals surface area contributed by atoms with Gasteiger partial charge in [0.25, 0.3) is 0 Å². The summed E-state index contributed by atoms with van der Waals surface area (Å²) in [6, 6.07) is 11.9. The Morgan fingerprint density at radius 3 is 1.81 bits per heavy atom. The van der Waals surface area contributed by atoms with Crippen molar-refractivity contribution in [1.82, 2.24) is 9.80 Å². The van der Waals surface area contributed by atoms with Gasteiger partial charge >= 0.3 is 5.70 Å². The van der Waals surface area contributed by atoms with Gasteiger partial charge in [-0.1, -0.05) is 12.1 Å². The second kappa shape index (κ2) is 10.4. The van der Waals surface area contributed by atoms with Crippen LogP contribution < -0.4 is 9.80 Å². The van der Waals surface area contributed by atoms with Crippen molar-refractivity contribution in [3.63, 3.8) is 0 Å². The Morgan fingerprint density at radius 2 is 1.44 bits per heavy atom. The number of nitrogens with zero attached hydrogens (tertiary/aromatic N) is 6. The summed E-state index contributed by atoms with van der Waals surface area (Å²) in [4.78, 5) is 13.2. The third-order valence-electron chi connectivity index (χ3n) is 7.44. The van der Waals surface area contributed by atoms with Crippen molar-refractivity contribution < 1.29 is 0 Å². The monoisotopic (exact) mass is 432 g/mol. The topological polar surface area (TPSA) is 41.1 Å². The number of fused-ring (bicyclic) bond motifs is 1. The lowest BCUT2D eigenvalue weighted by atomic mass is 10.2. The maximum absolute atomic E-state index is 9.78. The second-order valence-electron chi connectivity index (χ2n) is 9.45. The van der Waals surface area contributed by atoms with Crippen LogP contribution in [-0.2, 0) is 0 Å². The van der Waals surface area contributed by atoms with Crippen LogP contribution in [0, 0.1) is 17.9 Å². The van der Waals surface area contributed by atoms with Crippen LogP contribution in [0.4, 0.5) is 11.4 Å². The predicted molar refractivity (Wildman–Crippen MR) is 130 cm³/mol. The van der Waals surface area contributed by atoms with E-state index in [2.05, 4.69) is 68.6 Å². The van der Waals surface area contributed by atoms with Crippen LogP contribution in [-0.4, -0.2) is 61.2 Å². The Hall–Kier alpha value is -2.54. The van der Waals surface area contributed by atoms with E-state index in [0.717, 1.165) is 56.2 Å². The van der Waals surface area contributed by atoms with Gasteiger partial charge in [-0.05, 0) is 77.6 Å². The summed E-state index contributed by atoms with van der Waals surface area (Å²) >= 11 is 0. The molecule has 0 amide bonds. The van der Waals surface area contributed by atoms with Crippen LogP contribution in [0.2, 0.25) is 0 Å². The summed E-state index contributed by atoms with van der Waals surface area (Å²) in [5.41, 5.74) is 2.45. The number of para-hydroxylation sites is 2. The molecule has 0 radical (unpaired) electrons. The SMILES string of the molecule is [C-]#[N+]C(C#N)=C1N(CCCN2CCCC2C)c2ccccc2N1CCCN1CCCC1C. The number of likely N-dealkylation sites (tertiary alicyclic amines) is 2. The largest absolute Gasteiger partial charge is 0.334 e. The molecule has 3 aliphatic heterocycles. The Balaban J connectivity index is 1.51. The molecule has 2 unspecified atom stereocenters. The highest BCUT2D eigenvalue weighted by Gasteiger charge is 2.34. The molecule has 0 saturated carbocycles. The highest BCUT2D eigenvalue weighted by Crippen LogP contribution is 2.43. The van der Waals surface area contributed by atoms with Crippen LogP contribution in [0.15, 0.2) is 35.8 Å². The van der Waals surface area contributed by atoms with Crippen molar-refractivity contribution in [2.75, 3.05) is 49.1 Å². The Morgan fingerprint density at radius 1 is 0.938 bits per heavy atom. The first kappa shape index (κ1) is 22.6. The van der Waals surface area contributed by atoms with Crippen LogP contribution >= 0.6 is 0 Å². The molecular weight excluding hydrogens is 396 g/mol. The van der Waals surface area contributed by atoms with Gasteiger partial charge in [0.2, 0.25) is 0 Å². The second-order valence-corrected chi connectivity index (χ2v) is 9.45. The number of nitriles is 1. The van der Waals surface area contributed by atoms with Crippen LogP contribution in [0.5, 0.6) is 0 Å². The summed E-state index contributed by atoms with van der Waals surface area (Å²) in [6.45, 7) is 18.5. The van der Waals surface area contributed by atoms with E-state index in [1.54, 1.807) is 0 Å². The van der Waals surface area contributed by atoms with E-state index >= 15 is 0 Å². The molecule has 32 heavy (non-hydrogen) atoms. The molecule has 0 aromatic heterocycles. The molecule has 0 bridgehead atoms. The highest BCUT2D eigenvalue weighted by atomic mass is 15.4. The minimum atomic E-state index is 0.199. The van der Waals surface area contributed by atoms with Gasteiger partial charge in [-0.25, -0.2) is 10.1 Å². The average molecular weight is 433 g/mol. The molecule has 170 valence electrons. The predicted octanol–water partition coefficient (Wildman–Crippen LogP) is 4.67. The van der Waals surface area contributed by atoms with Crippen molar-refractivity contribution in [2.24, 2.45) is 0 Å². The van der Waals surface area contributed by atoms with Crippen LogP contribution in [0.1, 0.15) is 52.4 Å². The minimum absolute atomic E-state index is 0.199. The van der Waals surface area contributed by atoms with Crippen LogP contribution in [0.25, 0.3) is 4.85 Å². The third kappa shape index (κ3) is 4.63. The molecule has 3 aliphatic rings. The van der Waals surface area contributed by atoms with Gasteiger partial charge in [0.15, 0.2) is 0 Å². The summed E-state index contributed by atoms with van der Waals surface area (Å²) in [5.74, 6) is 0.785. The third-order valence-corrected chi connectivity index (χ3v) is 7.44. The Labute approximate surface area is 193 Å². The van der Waals surface area contributed by atoms with E-state index < -0.39 is 0 Å². The van der Waals surface area contributed by atoms with E-state index in [0.29, 0.717) is 12.1 Å². The zero-order valence-electron chi connectivity index (χ0n) is 19.6. The fourth-order valence-electron chi connectivity index (χ4n) is 5.64. The van der Waals surface area contributed by atoms with E-state index in [1.807, 2.05) is 0 Å². The summed E-state index contributed by atoms with van der Waals surface area (Å²) in [6.07, 6.45) is 7.21. The zero-order valence-corrected chi connectivity index (χ0v) is 19.6. The molecule has 0 N–H and O–H groups in total. The van der Waals surface area contributed by atoms with Crippen molar-refractivity contribution >= 4 is 11.4 Å². The molecule has 3 heterocycles. The summed E-state index contributed by atoms with van der Waals surface area (Å²) < 4.78 is 0. The van der Waals surface area contributed by atoms with Gasteiger partial charge in [0.05, 0.1) is 24.0 Å². The molecule has 0 spiro atoms. The number of hydrogen-bond acceptors (Lipinski definition) is 5. The fourth-order valence-corrected chi connectivity index (χ4v) is 5.64. The lowest BCUT2D eigenvalue weighted by Crippen LogP contribution is -2.35. The van der Waals surface area contributed by atoms with Crippen molar-refractivity contribution in [3.05, 3.63) is 47.2 Å². The lowest BCUT2D eigenvalue weighted by molar-refractivity contribution is 0.266. The van der Waals surface area contributed by atoms with Crippen molar-refractivity contribution in [3.8, 4) is 6.07 Å². The molecule has 2 saturated heterocycles. The van der Waals surface area contributed by atoms with Crippen molar-refractivity contribution in [1.29, 1.82) is 5.26 Å². The summed E-state index contributed by atoms with van der Waals surface area (Å²) in [5, 5.41) is 9.78. The standard InChI is InChI=1S/C26H36N6/c1-21-10-6-14-29(21)16-8-18-31-24-12-4-5-13-25(24)32(26(31)23(20-27)28-3)19-9-17-30-15-7-11-22(30)2/h4-5,12-13,21-22H,6-11,14-19H2,1-2H3. The first-order chi connectivity index (χ1) is 15.6. The maximum Gasteiger partial charge on any atom is 0.301 e. The fraction of sp³-hybridized carbons (Fsp3) is 0.615. The Kier molecular flexibility index (Phi) is 7.35. The number of hydrogen-bond donors (Lipinski definition) is 0. The number of allylic oxidation sites excluding steroid dienone is 1. The average Bonchev–Trinajstić information content (AvgIpc) is 3.49. The molecular formula is C26H36N6. The number of benzene rings is 1. The zero-order chi connectivity index (χ0) is 22.5. The summed E-state index contributed by atoms with van der Waals surface area (Å²) in [7, 11) is 0. The van der Waals surface area contributed by atoms with E-state index in [4.69, 9.17) is 6.57 Å². The van der Waals surface area contributed by atoms with E-state index in [-0.39, 0.29) is 5.70 Å².